The number of methoxy groups -OCH3 is 1. The van der Waals surface area contributed by atoms with Crippen LogP contribution in [0.25, 0.3) is 0 Å². The first-order chi connectivity index (χ1) is 11.6. The minimum atomic E-state index is -0.178. The molecule has 2 unspecified atom stereocenters. The van der Waals surface area contributed by atoms with E-state index in [0.717, 1.165) is 17.9 Å². The second-order valence-electron chi connectivity index (χ2n) is 5.96. The smallest absolute Gasteiger partial charge is 0.312 e. The maximum atomic E-state index is 12.0. The van der Waals surface area contributed by atoms with Crippen molar-refractivity contribution in [1.29, 1.82) is 0 Å². The van der Waals surface area contributed by atoms with Crippen LogP contribution in [0, 0.1) is 5.92 Å². The molecule has 0 N–H and O–H groups in total. The molecule has 0 amide bonds. The van der Waals surface area contributed by atoms with Crippen molar-refractivity contribution in [3.63, 3.8) is 0 Å². The topological polar surface area (TPSA) is 48.0 Å². The van der Waals surface area contributed by atoms with Crippen molar-refractivity contribution in [2.75, 3.05) is 25.7 Å². The monoisotopic (exact) mass is 329 g/mol. The Morgan fingerprint density at radius 2 is 2.17 bits per heavy atom. The van der Waals surface area contributed by atoms with E-state index in [2.05, 4.69) is 11.0 Å². The maximum Gasteiger partial charge on any atom is 0.312 e. The molecule has 3 rings (SSSR count). The molecule has 5 heteroatoms. The zero-order valence-corrected chi connectivity index (χ0v) is 14.3. The number of esters is 1. The van der Waals surface area contributed by atoms with Gasteiger partial charge in [-0.1, -0.05) is 12.2 Å². The number of allylic oxidation sites excluding steroid dienone is 3. The summed E-state index contributed by atoms with van der Waals surface area (Å²) in [6.45, 7) is 2.51. The third-order valence-corrected chi connectivity index (χ3v) is 4.58. The van der Waals surface area contributed by atoms with E-state index >= 15 is 0 Å². The van der Waals surface area contributed by atoms with Gasteiger partial charge < -0.3 is 19.1 Å². The molecule has 128 valence electrons. The van der Waals surface area contributed by atoms with Gasteiger partial charge in [0.25, 0.3) is 0 Å². The van der Waals surface area contributed by atoms with E-state index in [1.165, 1.54) is 0 Å². The first kappa shape index (κ1) is 16.4. The summed E-state index contributed by atoms with van der Waals surface area (Å²) >= 11 is 0. The summed E-state index contributed by atoms with van der Waals surface area (Å²) in [5, 5.41) is 0. The number of carbonyl (C=O) groups is 1. The third-order valence-electron chi connectivity index (χ3n) is 4.58. The molecule has 1 saturated heterocycles. The summed E-state index contributed by atoms with van der Waals surface area (Å²) < 4.78 is 16.4. The van der Waals surface area contributed by atoms with Crippen LogP contribution in [0.2, 0.25) is 0 Å². The summed E-state index contributed by atoms with van der Waals surface area (Å²) in [6, 6.07) is 5.91. The average Bonchev–Trinajstić information content (AvgIpc) is 2.60. The molecular weight excluding hydrogens is 306 g/mol. The molecule has 1 aliphatic carbocycles. The summed E-state index contributed by atoms with van der Waals surface area (Å²) in [4.78, 5) is 14.1. The Kier molecular flexibility index (Phi) is 4.79. The van der Waals surface area contributed by atoms with Crippen LogP contribution in [0.3, 0.4) is 0 Å². The molecule has 2 aliphatic rings. The van der Waals surface area contributed by atoms with Crippen LogP contribution in [-0.2, 0) is 9.53 Å². The van der Waals surface area contributed by atoms with Gasteiger partial charge in [0, 0.05) is 30.8 Å². The van der Waals surface area contributed by atoms with E-state index in [-0.39, 0.29) is 17.9 Å². The minimum absolute atomic E-state index is 0.0605. The largest absolute Gasteiger partial charge is 0.493 e. The van der Waals surface area contributed by atoms with E-state index in [1.807, 2.05) is 44.3 Å². The highest BCUT2D eigenvalue weighted by atomic mass is 16.5. The average molecular weight is 329 g/mol. The van der Waals surface area contributed by atoms with Gasteiger partial charge in [-0.2, -0.15) is 0 Å². The minimum Gasteiger partial charge on any atom is -0.493 e. The maximum absolute atomic E-state index is 12.0. The summed E-state index contributed by atoms with van der Waals surface area (Å²) in [5.74, 6) is 2.20. The van der Waals surface area contributed by atoms with Crippen molar-refractivity contribution >= 4 is 11.7 Å². The fraction of sp³-hybridized carbons (Fsp3) is 0.421. The predicted molar refractivity (Wildman–Crippen MR) is 92.4 cm³/mol. The molecule has 24 heavy (non-hydrogen) atoms. The van der Waals surface area contributed by atoms with E-state index in [4.69, 9.17) is 14.2 Å². The second-order valence-corrected chi connectivity index (χ2v) is 5.96. The number of carbonyl (C=O) groups excluding carboxylic acids is 1. The van der Waals surface area contributed by atoms with Crippen LogP contribution in [0.4, 0.5) is 5.69 Å². The number of anilines is 1. The number of rotatable bonds is 5. The summed E-state index contributed by atoms with van der Waals surface area (Å²) in [7, 11) is 3.64. The van der Waals surface area contributed by atoms with Gasteiger partial charge in [-0.25, -0.2) is 0 Å². The molecule has 1 aromatic carbocycles. The lowest BCUT2D eigenvalue weighted by atomic mass is 9.86. The number of hydrogen-bond donors (Lipinski definition) is 0. The first-order valence-electron chi connectivity index (χ1n) is 8.25. The molecular formula is C19H23NO4. The number of benzene rings is 1. The lowest BCUT2D eigenvalue weighted by Gasteiger charge is -2.40. The Labute approximate surface area is 142 Å². The fourth-order valence-electron chi connectivity index (χ4n) is 3.32. The van der Waals surface area contributed by atoms with Gasteiger partial charge in [0.2, 0.25) is 0 Å². The van der Waals surface area contributed by atoms with Crippen molar-refractivity contribution in [2.24, 2.45) is 5.92 Å². The Hall–Kier alpha value is -2.43. The van der Waals surface area contributed by atoms with Crippen molar-refractivity contribution in [3.05, 3.63) is 42.2 Å². The number of ether oxygens (including phenoxy) is 3. The van der Waals surface area contributed by atoms with E-state index in [0.29, 0.717) is 24.5 Å². The highest BCUT2D eigenvalue weighted by Crippen LogP contribution is 2.38. The predicted octanol–water partition coefficient (Wildman–Crippen LogP) is 3.31. The van der Waals surface area contributed by atoms with Crippen molar-refractivity contribution in [1.82, 2.24) is 0 Å². The Balaban J connectivity index is 1.88. The zero-order valence-electron chi connectivity index (χ0n) is 14.3. The summed E-state index contributed by atoms with van der Waals surface area (Å²) in [6.07, 6.45) is 7.21. The van der Waals surface area contributed by atoms with Gasteiger partial charge in [0.05, 0.1) is 20.1 Å². The van der Waals surface area contributed by atoms with Crippen LogP contribution in [0.15, 0.2) is 42.2 Å². The molecule has 0 bridgehead atoms. The third kappa shape index (κ3) is 3.11. The first-order valence-corrected chi connectivity index (χ1v) is 8.25. The highest BCUT2D eigenvalue weighted by Gasteiger charge is 2.37. The Morgan fingerprint density at radius 1 is 1.33 bits per heavy atom. The number of fused-ring (bicyclic) bond motifs is 1. The molecule has 0 radical (unpaired) electrons. The molecule has 0 aromatic heterocycles. The van der Waals surface area contributed by atoms with Crippen LogP contribution in [0.5, 0.6) is 11.5 Å². The highest BCUT2D eigenvalue weighted by molar-refractivity contribution is 5.74. The lowest BCUT2D eigenvalue weighted by molar-refractivity contribution is -0.144. The molecule has 0 spiro atoms. The molecule has 5 nitrogen and oxygen atoms in total. The molecule has 1 aliphatic heterocycles. The zero-order chi connectivity index (χ0) is 17.1. The lowest BCUT2D eigenvalue weighted by Crippen LogP contribution is -2.45. The quantitative estimate of drug-likeness (QED) is 0.776. The van der Waals surface area contributed by atoms with Gasteiger partial charge in [-0.15, -0.1) is 0 Å². The van der Waals surface area contributed by atoms with E-state index in [1.54, 1.807) is 7.11 Å². The molecule has 1 aromatic rings. The van der Waals surface area contributed by atoms with Gasteiger partial charge >= 0.3 is 5.97 Å². The molecule has 1 fully saturated rings. The van der Waals surface area contributed by atoms with Gasteiger partial charge in [-0.05, 0) is 31.6 Å². The second kappa shape index (κ2) is 6.99. The van der Waals surface area contributed by atoms with Crippen LogP contribution < -0.4 is 14.4 Å². The fourth-order valence-corrected chi connectivity index (χ4v) is 3.32. The SMILES string of the molecule is CCOc1cc(N(C)C2CC(=O)OC3=CC=CCC32)ccc1OC. The van der Waals surface area contributed by atoms with E-state index < -0.39 is 0 Å². The molecule has 0 saturated carbocycles. The standard InChI is InChI=1S/C19H23NO4/c1-4-23-18-11-13(9-10-17(18)22-3)20(2)15-12-19(21)24-16-8-6-5-7-14(15)16/h5-6,8-11,14-15H,4,7,12H2,1-3H3. The van der Waals surface area contributed by atoms with Crippen molar-refractivity contribution in [2.45, 2.75) is 25.8 Å². The summed E-state index contributed by atoms with van der Waals surface area (Å²) in [5.41, 5.74) is 0.993. The Bertz CT molecular complexity index is 680. The number of hydrogen-bond acceptors (Lipinski definition) is 5. The molecule has 2 atom stereocenters. The Morgan fingerprint density at radius 3 is 2.92 bits per heavy atom. The van der Waals surface area contributed by atoms with Gasteiger partial charge in [-0.3, -0.25) is 4.79 Å². The number of nitrogens with zero attached hydrogens (tertiary/aromatic N) is 1. The van der Waals surface area contributed by atoms with E-state index in [9.17, 15) is 4.79 Å². The van der Waals surface area contributed by atoms with Crippen molar-refractivity contribution < 1.29 is 19.0 Å². The van der Waals surface area contributed by atoms with Gasteiger partial charge in [0.1, 0.15) is 5.76 Å². The van der Waals surface area contributed by atoms with Gasteiger partial charge in [0.15, 0.2) is 11.5 Å². The van der Waals surface area contributed by atoms with Crippen molar-refractivity contribution in [3.8, 4) is 11.5 Å². The van der Waals surface area contributed by atoms with Crippen LogP contribution >= 0.6 is 0 Å². The van der Waals surface area contributed by atoms with Crippen LogP contribution in [0.1, 0.15) is 19.8 Å². The van der Waals surface area contributed by atoms with Crippen LogP contribution in [-0.4, -0.2) is 32.8 Å². The normalized spacial score (nSPS) is 22.3. The molecule has 1 heterocycles.